The zero-order valence-corrected chi connectivity index (χ0v) is 16.4. The van der Waals surface area contributed by atoms with Crippen LogP contribution in [0.25, 0.3) is 0 Å². The van der Waals surface area contributed by atoms with Gasteiger partial charge in [-0.3, -0.25) is 9.59 Å². The molecule has 7 heteroatoms. The molecule has 1 aliphatic carbocycles. The van der Waals surface area contributed by atoms with E-state index in [4.69, 9.17) is 15.2 Å². The molecule has 3 N–H and O–H groups in total. The number of ether oxygens (including phenoxy) is 2. The summed E-state index contributed by atoms with van der Waals surface area (Å²) in [7, 11) is 2.99. The van der Waals surface area contributed by atoms with Crippen LogP contribution in [0.5, 0.6) is 11.5 Å². The van der Waals surface area contributed by atoms with Crippen molar-refractivity contribution in [3.63, 3.8) is 0 Å². The molecule has 2 aromatic rings. The first-order valence-corrected chi connectivity index (χ1v) is 9.85. The molecule has 2 amide bonds. The summed E-state index contributed by atoms with van der Waals surface area (Å²) in [4.78, 5) is 26.3. The Morgan fingerprint density at radius 2 is 1.63 bits per heavy atom. The number of hydrogen-bond acceptors (Lipinski definition) is 5. The molecular formula is C20H24N2O4S. The van der Waals surface area contributed by atoms with Crippen molar-refractivity contribution >= 4 is 28.2 Å². The number of carbonyl (C=O) groups is 2. The van der Waals surface area contributed by atoms with E-state index in [9.17, 15) is 9.59 Å². The summed E-state index contributed by atoms with van der Waals surface area (Å²) in [5.41, 5.74) is 7.40. The summed E-state index contributed by atoms with van der Waals surface area (Å²) in [6, 6.07) is 5.14. The summed E-state index contributed by atoms with van der Waals surface area (Å²) in [6.07, 6.45) is 6.17. The van der Waals surface area contributed by atoms with Gasteiger partial charge in [-0.05, 0) is 43.4 Å². The number of fused-ring (bicyclic) bond motifs is 1. The Hall–Kier alpha value is -2.54. The second-order valence-corrected chi connectivity index (χ2v) is 7.58. The molecule has 144 valence electrons. The van der Waals surface area contributed by atoms with E-state index in [0.29, 0.717) is 27.6 Å². The topological polar surface area (TPSA) is 90.7 Å². The molecule has 0 spiro atoms. The van der Waals surface area contributed by atoms with Crippen LogP contribution >= 0.6 is 11.3 Å². The number of aryl methyl sites for hydroxylation is 1. The first-order chi connectivity index (χ1) is 13.1. The van der Waals surface area contributed by atoms with Crippen molar-refractivity contribution in [2.75, 3.05) is 19.5 Å². The maximum atomic E-state index is 13.0. The van der Waals surface area contributed by atoms with Gasteiger partial charge in [0, 0.05) is 4.88 Å². The largest absolute Gasteiger partial charge is 0.496 e. The molecule has 1 aromatic carbocycles. The van der Waals surface area contributed by atoms with Gasteiger partial charge in [0.05, 0.1) is 19.8 Å². The fourth-order valence-corrected chi connectivity index (χ4v) is 4.80. The van der Waals surface area contributed by atoms with Crippen molar-refractivity contribution in [1.82, 2.24) is 0 Å². The first kappa shape index (κ1) is 19.2. The molecule has 0 saturated heterocycles. The predicted octanol–water partition coefficient (Wildman–Crippen LogP) is 3.78. The molecule has 1 aromatic heterocycles. The highest BCUT2D eigenvalue weighted by atomic mass is 32.1. The van der Waals surface area contributed by atoms with E-state index in [1.54, 1.807) is 18.2 Å². The van der Waals surface area contributed by atoms with E-state index in [0.717, 1.165) is 42.5 Å². The summed E-state index contributed by atoms with van der Waals surface area (Å²) < 4.78 is 10.6. The van der Waals surface area contributed by atoms with Crippen LogP contribution in [-0.4, -0.2) is 26.0 Å². The highest BCUT2D eigenvalue weighted by molar-refractivity contribution is 7.17. The van der Waals surface area contributed by atoms with E-state index < -0.39 is 5.91 Å². The number of anilines is 1. The molecule has 1 heterocycles. The van der Waals surface area contributed by atoms with Crippen LogP contribution in [0.3, 0.4) is 0 Å². The minimum absolute atomic E-state index is 0.290. The van der Waals surface area contributed by atoms with Crippen molar-refractivity contribution in [3.8, 4) is 11.5 Å². The normalized spacial score (nSPS) is 13.9. The number of rotatable bonds is 5. The number of nitrogens with one attached hydrogen (secondary N) is 1. The number of nitrogens with two attached hydrogens (primary N) is 1. The van der Waals surface area contributed by atoms with E-state index in [2.05, 4.69) is 5.32 Å². The van der Waals surface area contributed by atoms with Crippen molar-refractivity contribution in [2.45, 2.75) is 38.5 Å². The maximum Gasteiger partial charge on any atom is 0.263 e. The first-order valence-electron chi connectivity index (χ1n) is 9.03. The highest BCUT2D eigenvalue weighted by Crippen LogP contribution is 2.38. The van der Waals surface area contributed by atoms with Gasteiger partial charge >= 0.3 is 0 Å². The van der Waals surface area contributed by atoms with Crippen molar-refractivity contribution < 1.29 is 19.1 Å². The Morgan fingerprint density at radius 3 is 2.22 bits per heavy atom. The number of hydrogen-bond donors (Lipinski definition) is 2. The average Bonchev–Trinajstić information content (AvgIpc) is 2.97. The molecule has 3 rings (SSSR count). The molecule has 0 unspecified atom stereocenters. The predicted molar refractivity (Wildman–Crippen MR) is 106 cm³/mol. The van der Waals surface area contributed by atoms with Gasteiger partial charge in [0.25, 0.3) is 11.8 Å². The van der Waals surface area contributed by atoms with Crippen LogP contribution in [0.15, 0.2) is 18.2 Å². The van der Waals surface area contributed by atoms with Crippen LogP contribution in [0.4, 0.5) is 5.00 Å². The van der Waals surface area contributed by atoms with E-state index in [1.165, 1.54) is 32.0 Å². The van der Waals surface area contributed by atoms with Gasteiger partial charge in [-0.15, -0.1) is 11.3 Å². The SMILES string of the molecule is COc1cccc(OC)c1C(=O)Nc1sc2c(c1C(N)=O)CCCCCC2. The molecule has 0 bridgehead atoms. The third-order valence-corrected chi connectivity index (χ3v) is 6.01. The number of carbonyl (C=O) groups excluding carboxylic acids is 2. The van der Waals surface area contributed by atoms with Crippen molar-refractivity contribution in [1.29, 1.82) is 0 Å². The van der Waals surface area contributed by atoms with Crippen LogP contribution < -0.4 is 20.5 Å². The maximum absolute atomic E-state index is 13.0. The zero-order valence-electron chi connectivity index (χ0n) is 15.6. The molecule has 0 saturated carbocycles. The summed E-state index contributed by atoms with van der Waals surface area (Å²) in [5, 5.41) is 3.38. The molecule has 0 fully saturated rings. The second kappa shape index (κ2) is 8.43. The van der Waals surface area contributed by atoms with Crippen LogP contribution in [0.2, 0.25) is 0 Å². The van der Waals surface area contributed by atoms with Crippen LogP contribution in [0.1, 0.15) is 56.8 Å². The molecule has 27 heavy (non-hydrogen) atoms. The Labute approximate surface area is 162 Å². The van der Waals surface area contributed by atoms with Gasteiger partial charge in [-0.25, -0.2) is 0 Å². The number of primary amides is 1. The number of thiophene rings is 1. The van der Waals surface area contributed by atoms with Gasteiger partial charge < -0.3 is 20.5 Å². The lowest BCUT2D eigenvalue weighted by atomic mass is 9.96. The molecule has 6 nitrogen and oxygen atoms in total. The van der Waals surface area contributed by atoms with Crippen molar-refractivity contribution in [2.24, 2.45) is 5.73 Å². The lowest BCUT2D eigenvalue weighted by molar-refractivity contribution is 0.100. The van der Waals surface area contributed by atoms with E-state index in [-0.39, 0.29) is 5.91 Å². The van der Waals surface area contributed by atoms with E-state index in [1.807, 2.05) is 0 Å². The minimum atomic E-state index is -0.504. The van der Waals surface area contributed by atoms with Gasteiger partial charge in [0.1, 0.15) is 22.1 Å². The Kier molecular flexibility index (Phi) is 6.01. The number of methoxy groups -OCH3 is 2. The third kappa shape index (κ3) is 3.93. The standard InChI is InChI=1S/C20H24N2O4S/c1-25-13-9-7-10-14(26-2)17(13)19(24)22-20-16(18(21)23)12-8-5-3-4-6-11-15(12)27-20/h7,9-10H,3-6,8,11H2,1-2H3,(H2,21,23)(H,22,24). The average molecular weight is 388 g/mol. The smallest absolute Gasteiger partial charge is 0.263 e. The van der Waals surface area contributed by atoms with E-state index >= 15 is 0 Å². The second-order valence-electron chi connectivity index (χ2n) is 6.48. The molecule has 0 atom stereocenters. The van der Waals surface area contributed by atoms with Gasteiger partial charge in [-0.2, -0.15) is 0 Å². The molecule has 0 aliphatic heterocycles. The number of benzene rings is 1. The monoisotopic (exact) mass is 388 g/mol. The fourth-order valence-electron chi connectivity index (χ4n) is 3.51. The van der Waals surface area contributed by atoms with Gasteiger partial charge in [-0.1, -0.05) is 18.9 Å². The Bertz CT molecular complexity index is 838. The molecule has 0 radical (unpaired) electrons. The Balaban J connectivity index is 2.00. The van der Waals surface area contributed by atoms with Gasteiger partial charge in [0.2, 0.25) is 0 Å². The quantitative estimate of drug-likeness (QED) is 0.816. The highest BCUT2D eigenvalue weighted by Gasteiger charge is 2.26. The molecular weight excluding hydrogens is 364 g/mol. The summed E-state index contributed by atoms with van der Waals surface area (Å²) in [5.74, 6) is -0.0822. The molecule has 1 aliphatic rings. The van der Waals surface area contributed by atoms with Crippen LogP contribution in [0, 0.1) is 0 Å². The lowest BCUT2D eigenvalue weighted by Crippen LogP contribution is -2.19. The van der Waals surface area contributed by atoms with Crippen molar-refractivity contribution in [3.05, 3.63) is 39.8 Å². The lowest BCUT2D eigenvalue weighted by Gasteiger charge is -2.13. The summed E-state index contributed by atoms with van der Waals surface area (Å²) in [6.45, 7) is 0. The number of amides is 2. The Morgan fingerprint density at radius 1 is 1.00 bits per heavy atom. The third-order valence-electron chi connectivity index (χ3n) is 4.80. The summed E-state index contributed by atoms with van der Waals surface area (Å²) >= 11 is 1.45. The minimum Gasteiger partial charge on any atom is -0.496 e. The fraction of sp³-hybridized carbons (Fsp3) is 0.400. The van der Waals surface area contributed by atoms with Crippen LogP contribution in [-0.2, 0) is 12.8 Å². The zero-order chi connectivity index (χ0) is 19.4. The van der Waals surface area contributed by atoms with Gasteiger partial charge in [0.15, 0.2) is 0 Å².